The zero-order valence-electron chi connectivity index (χ0n) is 17.2. The second-order valence-corrected chi connectivity index (χ2v) is 7.74. The standard InChI is InChI=1S/C20H28F3N3O3/c1-13-6-5-7-14(2)26(13)19(28)15(3)25(4)12-18(27)24-16-8-10-17(11-9-16)29-20(21,22)23/h8-11,13-15H,5-7,12H2,1-4H3,(H,24,27)/p+1/t13-,14-,15+/m0/s1. The monoisotopic (exact) mass is 416 g/mol. The minimum atomic E-state index is -4.76. The van der Waals surface area contributed by atoms with Crippen molar-refractivity contribution in [3.63, 3.8) is 0 Å². The molecular weight excluding hydrogens is 387 g/mol. The number of likely N-dealkylation sites (N-methyl/N-ethyl adjacent to an activating group) is 1. The van der Waals surface area contributed by atoms with Crippen LogP contribution in [0.25, 0.3) is 0 Å². The van der Waals surface area contributed by atoms with Gasteiger partial charge in [-0.3, -0.25) is 9.59 Å². The molecule has 2 N–H and O–H groups in total. The van der Waals surface area contributed by atoms with E-state index in [1.807, 2.05) is 11.8 Å². The molecule has 0 bridgehead atoms. The van der Waals surface area contributed by atoms with Gasteiger partial charge in [0.15, 0.2) is 12.6 Å². The molecule has 1 fully saturated rings. The molecule has 0 saturated carbocycles. The number of quaternary nitrogens is 1. The summed E-state index contributed by atoms with van der Waals surface area (Å²) in [5, 5.41) is 2.63. The van der Waals surface area contributed by atoms with E-state index in [4.69, 9.17) is 0 Å². The molecule has 1 heterocycles. The molecule has 162 valence electrons. The first-order chi connectivity index (χ1) is 13.5. The number of piperidine rings is 1. The molecule has 6 nitrogen and oxygen atoms in total. The van der Waals surface area contributed by atoms with Crippen LogP contribution in [0.2, 0.25) is 0 Å². The number of carbonyl (C=O) groups excluding carboxylic acids is 2. The molecule has 0 spiro atoms. The van der Waals surface area contributed by atoms with Crippen molar-refractivity contribution in [2.45, 2.75) is 64.5 Å². The molecule has 1 saturated heterocycles. The van der Waals surface area contributed by atoms with E-state index in [0.29, 0.717) is 5.69 Å². The van der Waals surface area contributed by atoms with Gasteiger partial charge in [0.1, 0.15) is 5.75 Å². The van der Waals surface area contributed by atoms with Crippen molar-refractivity contribution in [3.05, 3.63) is 24.3 Å². The number of hydrogen-bond acceptors (Lipinski definition) is 3. The summed E-state index contributed by atoms with van der Waals surface area (Å²) in [6, 6.07) is 4.92. The fraction of sp³-hybridized carbons (Fsp3) is 0.600. The average molecular weight is 416 g/mol. The molecule has 0 radical (unpaired) electrons. The van der Waals surface area contributed by atoms with Crippen molar-refractivity contribution >= 4 is 17.5 Å². The number of carbonyl (C=O) groups is 2. The SMILES string of the molecule is C[C@H](C(=O)N1[C@@H](C)CCC[C@@H]1C)[NH+](C)CC(=O)Nc1ccc(OC(F)(F)F)cc1. The molecule has 4 atom stereocenters. The van der Waals surface area contributed by atoms with E-state index in [1.165, 1.54) is 12.1 Å². The van der Waals surface area contributed by atoms with Crippen molar-refractivity contribution in [2.24, 2.45) is 0 Å². The number of nitrogens with one attached hydrogen (secondary N) is 2. The Morgan fingerprint density at radius 3 is 2.28 bits per heavy atom. The van der Waals surface area contributed by atoms with Crippen LogP contribution in [0.3, 0.4) is 0 Å². The second-order valence-electron chi connectivity index (χ2n) is 7.74. The van der Waals surface area contributed by atoms with Gasteiger partial charge in [-0.15, -0.1) is 13.2 Å². The molecule has 0 aromatic heterocycles. The Balaban J connectivity index is 1.90. The van der Waals surface area contributed by atoms with Gasteiger partial charge in [0, 0.05) is 17.8 Å². The molecular formula is C20H29F3N3O3+. The number of nitrogens with zero attached hydrogens (tertiary/aromatic N) is 1. The van der Waals surface area contributed by atoms with Gasteiger partial charge in [-0.2, -0.15) is 0 Å². The summed E-state index contributed by atoms with van der Waals surface area (Å²) >= 11 is 0. The Kier molecular flexibility index (Phi) is 7.51. The van der Waals surface area contributed by atoms with Crippen LogP contribution < -0.4 is 15.0 Å². The van der Waals surface area contributed by atoms with Crippen molar-refractivity contribution < 1.29 is 32.4 Å². The number of benzene rings is 1. The number of rotatable bonds is 6. The van der Waals surface area contributed by atoms with Crippen LogP contribution in [-0.4, -0.2) is 54.8 Å². The lowest BCUT2D eigenvalue weighted by Gasteiger charge is -2.40. The number of amides is 2. The first-order valence-corrected chi connectivity index (χ1v) is 9.78. The van der Waals surface area contributed by atoms with E-state index in [0.717, 1.165) is 36.3 Å². The highest BCUT2D eigenvalue weighted by Crippen LogP contribution is 2.24. The van der Waals surface area contributed by atoms with Crippen LogP contribution in [-0.2, 0) is 9.59 Å². The van der Waals surface area contributed by atoms with Crippen LogP contribution >= 0.6 is 0 Å². The van der Waals surface area contributed by atoms with Crippen LogP contribution in [0, 0.1) is 0 Å². The van der Waals surface area contributed by atoms with Crippen LogP contribution in [0.5, 0.6) is 5.75 Å². The number of ether oxygens (including phenoxy) is 1. The van der Waals surface area contributed by atoms with Gasteiger partial charge >= 0.3 is 6.36 Å². The Morgan fingerprint density at radius 1 is 1.21 bits per heavy atom. The van der Waals surface area contributed by atoms with E-state index >= 15 is 0 Å². The van der Waals surface area contributed by atoms with E-state index in [2.05, 4.69) is 23.9 Å². The lowest BCUT2D eigenvalue weighted by Crippen LogP contribution is -3.15. The number of alkyl halides is 3. The summed E-state index contributed by atoms with van der Waals surface area (Å²) in [6.07, 6.45) is -1.69. The first-order valence-electron chi connectivity index (χ1n) is 9.78. The van der Waals surface area contributed by atoms with Gasteiger partial charge < -0.3 is 19.9 Å². The summed E-state index contributed by atoms with van der Waals surface area (Å²) < 4.78 is 40.4. The van der Waals surface area contributed by atoms with Crippen LogP contribution in [0.1, 0.15) is 40.0 Å². The fourth-order valence-electron chi connectivity index (χ4n) is 3.64. The normalized spacial score (nSPS) is 22.0. The molecule has 1 aromatic rings. The largest absolute Gasteiger partial charge is 0.573 e. The lowest BCUT2D eigenvalue weighted by molar-refractivity contribution is -0.886. The minimum absolute atomic E-state index is 0.0312. The van der Waals surface area contributed by atoms with E-state index in [9.17, 15) is 22.8 Å². The highest BCUT2D eigenvalue weighted by Gasteiger charge is 2.35. The van der Waals surface area contributed by atoms with Gasteiger partial charge in [-0.25, -0.2) is 0 Å². The van der Waals surface area contributed by atoms with Crippen molar-refractivity contribution in [1.29, 1.82) is 0 Å². The van der Waals surface area contributed by atoms with Crippen molar-refractivity contribution in [2.75, 3.05) is 18.9 Å². The Bertz CT molecular complexity index is 699. The van der Waals surface area contributed by atoms with Gasteiger partial charge in [0.2, 0.25) is 0 Å². The van der Waals surface area contributed by atoms with Crippen LogP contribution in [0.15, 0.2) is 24.3 Å². The predicted molar refractivity (Wildman–Crippen MR) is 103 cm³/mol. The molecule has 0 aliphatic carbocycles. The summed E-state index contributed by atoms with van der Waals surface area (Å²) in [5.41, 5.74) is 0.356. The smallest absolute Gasteiger partial charge is 0.406 e. The summed E-state index contributed by atoms with van der Waals surface area (Å²) in [4.78, 5) is 27.9. The third kappa shape index (κ3) is 6.62. The van der Waals surface area contributed by atoms with Gasteiger partial charge in [0.05, 0.1) is 7.05 Å². The topological polar surface area (TPSA) is 63.1 Å². The molecule has 1 aliphatic heterocycles. The third-order valence-corrected chi connectivity index (χ3v) is 5.37. The number of likely N-dealkylation sites (tertiary alicyclic amines) is 1. The Hall–Kier alpha value is -2.29. The first kappa shape index (κ1) is 23.0. The predicted octanol–water partition coefficient (Wildman–Crippen LogP) is 2.22. The number of halogens is 3. The minimum Gasteiger partial charge on any atom is -0.406 e. The highest BCUT2D eigenvalue weighted by atomic mass is 19.4. The van der Waals surface area contributed by atoms with Crippen LogP contribution in [0.4, 0.5) is 18.9 Å². The number of anilines is 1. The number of hydrogen-bond donors (Lipinski definition) is 2. The fourth-order valence-corrected chi connectivity index (χ4v) is 3.64. The third-order valence-electron chi connectivity index (χ3n) is 5.37. The quantitative estimate of drug-likeness (QED) is 0.748. The molecule has 29 heavy (non-hydrogen) atoms. The zero-order chi connectivity index (χ0) is 21.8. The van der Waals surface area contributed by atoms with E-state index < -0.39 is 6.36 Å². The molecule has 1 aliphatic rings. The van der Waals surface area contributed by atoms with E-state index in [1.54, 1.807) is 7.05 Å². The zero-order valence-corrected chi connectivity index (χ0v) is 17.2. The summed E-state index contributed by atoms with van der Waals surface area (Å²) in [6.45, 7) is 5.97. The van der Waals surface area contributed by atoms with Gasteiger partial charge in [-0.05, 0) is 64.3 Å². The van der Waals surface area contributed by atoms with E-state index in [-0.39, 0.29) is 42.2 Å². The van der Waals surface area contributed by atoms with Gasteiger partial charge in [0.25, 0.3) is 11.8 Å². The average Bonchev–Trinajstić information content (AvgIpc) is 2.61. The molecule has 2 amide bonds. The summed E-state index contributed by atoms with van der Waals surface area (Å²) in [5.74, 6) is -0.655. The maximum Gasteiger partial charge on any atom is 0.573 e. The second kappa shape index (κ2) is 9.47. The van der Waals surface area contributed by atoms with Crippen molar-refractivity contribution in [1.82, 2.24) is 4.90 Å². The summed E-state index contributed by atoms with van der Waals surface area (Å²) in [7, 11) is 1.78. The Morgan fingerprint density at radius 2 is 1.76 bits per heavy atom. The molecule has 2 rings (SSSR count). The lowest BCUT2D eigenvalue weighted by atomic mass is 9.96. The maximum atomic E-state index is 12.9. The maximum absolute atomic E-state index is 12.9. The molecule has 1 aromatic carbocycles. The van der Waals surface area contributed by atoms with Crippen molar-refractivity contribution in [3.8, 4) is 5.75 Å². The Labute approximate surface area is 169 Å². The highest BCUT2D eigenvalue weighted by molar-refractivity contribution is 5.91. The molecule has 9 heteroatoms. The molecule has 1 unspecified atom stereocenters. The van der Waals surface area contributed by atoms with Gasteiger partial charge in [-0.1, -0.05) is 0 Å².